The molecule has 4 rings (SSSR count). The highest BCUT2D eigenvalue weighted by atomic mass is 16.3. The van der Waals surface area contributed by atoms with Gasteiger partial charge in [-0.25, -0.2) is 5.84 Å². The predicted molar refractivity (Wildman–Crippen MR) is 112 cm³/mol. The minimum atomic E-state index is -0.215. The van der Waals surface area contributed by atoms with Gasteiger partial charge >= 0.3 is 0 Å². The van der Waals surface area contributed by atoms with Crippen molar-refractivity contribution in [1.82, 2.24) is 20.4 Å². The number of fused-ring (bicyclic) bond motifs is 1. The molecule has 1 heterocycles. The van der Waals surface area contributed by atoms with Crippen molar-refractivity contribution >= 4 is 16.9 Å². The van der Waals surface area contributed by atoms with Gasteiger partial charge in [0.1, 0.15) is 22.5 Å². The number of nitrogens with one attached hydrogen (secondary N) is 1. The molecule has 0 bridgehead atoms. The number of phenols is 1. The molecule has 0 spiro atoms. The molecular weight excluding hydrogens is 366 g/mol. The fraction of sp³-hybridized carbons (Fsp3) is 0.409. The molecule has 29 heavy (non-hydrogen) atoms. The van der Waals surface area contributed by atoms with E-state index < -0.39 is 0 Å². The number of carbonyl (C=O) groups is 1. The van der Waals surface area contributed by atoms with Gasteiger partial charge < -0.3 is 5.11 Å². The van der Waals surface area contributed by atoms with E-state index >= 15 is 0 Å². The number of amides is 1. The summed E-state index contributed by atoms with van der Waals surface area (Å²) in [4.78, 5) is 13.2. The van der Waals surface area contributed by atoms with Crippen molar-refractivity contribution in [2.24, 2.45) is 5.84 Å². The largest absolute Gasteiger partial charge is 0.505 e. The predicted octanol–water partition coefficient (Wildman–Crippen LogP) is 3.27. The molecule has 0 radical (unpaired) electrons. The summed E-state index contributed by atoms with van der Waals surface area (Å²) in [5.74, 6) is 5.24. The van der Waals surface area contributed by atoms with Crippen molar-refractivity contribution in [1.29, 1.82) is 0 Å². The number of phenolic OH excluding ortho intramolecular Hbond substituents is 1. The molecule has 1 fully saturated rings. The minimum Gasteiger partial charge on any atom is -0.505 e. The van der Waals surface area contributed by atoms with Crippen molar-refractivity contribution < 1.29 is 9.90 Å². The Morgan fingerprint density at radius 1 is 1.17 bits per heavy atom. The summed E-state index contributed by atoms with van der Waals surface area (Å²) < 4.78 is 0. The van der Waals surface area contributed by atoms with E-state index in [1.807, 2.05) is 36.4 Å². The van der Waals surface area contributed by atoms with Gasteiger partial charge in [-0.3, -0.25) is 10.2 Å². The fourth-order valence-electron chi connectivity index (χ4n) is 4.33. The summed E-state index contributed by atoms with van der Waals surface area (Å²) in [6.45, 7) is 2.22. The van der Waals surface area contributed by atoms with E-state index in [0.29, 0.717) is 12.1 Å². The molecule has 152 valence electrons. The zero-order valence-corrected chi connectivity index (χ0v) is 16.7. The van der Waals surface area contributed by atoms with Gasteiger partial charge in [-0.15, -0.1) is 15.0 Å². The summed E-state index contributed by atoms with van der Waals surface area (Å²) >= 11 is 0. The van der Waals surface area contributed by atoms with Crippen molar-refractivity contribution in [3.8, 4) is 11.4 Å². The first-order chi connectivity index (χ1) is 14.0. The number of rotatable bonds is 5. The number of carbonyl (C=O) groups excluding carboxylic acids is 1. The van der Waals surface area contributed by atoms with Crippen LogP contribution < -0.4 is 11.3 Å². The standard InChI is InChI=1S/C22H27N5O2/c1-22(11-5-2-6-12-22)16-13-15(9-10-20(28)24-23)14-19(21(16)29)27-25-17-7-3-4-8-18(17)26-27/h3-4,7-8,13-14,29H,2,5-6,9-12,23H2,1H3,(H,24,28). The molecule has 2 aromatic carbocycles. The highest BCUT2D eigenvalue weighted by molar-refractivity contribution is 5.76. The van der Waals surface area contributed by atoms with Gasteiger partial charge in [-0.05, 0) is 48.4 Å². The zero-order chi connectivity index (χ0) is 20.4. The van der Waals surface area contributed by atoms with Crippen molar-refractivity contribution in [2.75, 3.05) is 0 Å². The number of benzene rings is 2. The van der Waals surface area contributed by atoms with E-state index in [9.17, 15) is 9.90 Å². The number of nitrogens with two attached hydrogens (primary N) is 1. The third-order valence-corrected chi connectivity index (χ3v) is 6.06. The lowest BCUT2D eigenvalue weighted by Gasteiger charge is -2.35. The van der Waals surface area contributed by atoms with E-state index in [1.165, 1.54) is 11.2 Å². The lowest BCUT2D eigenvalue weighted by Crippen LogP contribution is -2.30. The third-order valence-electron chi connectivity index (χ3n) is 6.06. The number of hydrogen-bond acceptors (Lipinski definition) is 5. The SMILES string of the molecule is CC1(c2cc(CCC(=O)NN)cc(-n3nc4ccccc4n3)c2O)CCCCC1. The normalized spacial score (nSPS) is 16.1. The summed E-state index contributed by atoms with van der Waals surface area (Å²) in [5, 5.41) is 20.3. The highest BCUT2D eigenvalue weighted by Gasteiger charge is 2.33. The Morgan fingerprint density at radius 3 is 2.45 bits per heavy atom. The van der Waals surface area contributed by atoms with Gasteiger partial charge in [-0.1, -0.05) is 44.4 Å². The van der Waals surface area contributed by atoms with Crippen molar-refractivity contribution in [3.63, 3.8) is 0 Å². The molecule has 7 nitrogen and oxygen atoms in total. The number of aromatic nitrogens is 3. The number of hydrogen-bond donors (Lipinski definition) is 3. The molecule has 1 aliphatic carbocycles. The maximum Gasteiger partial charge on any atom is 0.234 e. The maximum absolute atomic E-state index is 11.7. The summed E-state index contributed by atoms with van der Waals surface area (Å²) in [5.41, 5.74) is 6.04. The molecule has 3 aromatic rings. The van der Waals surface area contributed by atoms with Crippen LogP contribution in [0.15, 0.2) is 36.4 Å². The van der Waals surface area contributed by atoms with Gasteiger partial charge in [0.25, 0.3) is 0 Å². The fourth-order valence-corrected chi connectivity index (χ4v) is 4.33. The van der Waals surface area contributed by atoms with Crippen LogP contribution in [0.4, 0.5) is 0 Å². The first-order valence-corrected chi connectivity index (χ1v) is 10.2. The molecule has 1 saturated carbocycles. The van der Waals surface area contributed by atoms with Gasteiger partial charge in [0.05, 0.1) is 0 Å². The van der Waals surface area contributed by atoms with Gasteiger partial charge in [0, 0.05) is 12.0 Å². The molecule has 1 aliphatic rings. The maximum atomic E-state index is 11.7. The van der Waals surface area contributed by atoms with Crippen LogP contribution in [0.25, 0.3) is 16.7 Å². The Kier molecular flexibility index (Phi) is 5.24. The van der Waals surface area contributed by atoms with Crippen molar-refractivity contribution in [3.05, 3.63) is 47.5 Å². The highest BCUT2D eigenvalue weighted by Crippen LogP contribution is 2.45. The van der Waals surface area contributed by atoms with Crippen LogP contribution in [0, 0.1) is 0 Å². The summed E-state index contributed by atoms with van der Waals surface area (Å²) in [6, 6.07) is 11.5. The topological polar surface area (TPSA) is 106 Å². The second-order valence-electron chi connectivity index (χ2n) is 8.18. The number of nitrogens with zero attached hydrogens (tertiary/aromatic N) is 3. The molecule has 1 amide bonds. The first kappa shape index (κ1) is 19.4. The average molecular weight is 393 g/mol. The molecule has 0 saturated heterocycles. The van der Waals surface area contributed by atoms with E-state index in [-0.39, 0.29) is 23.5 Å². The Hall–Kier alpha value is -2.93. The molecule has 7 heteroatoms. The number of aryl methyl sites for hydroxylation is 1. The Bertz CT molecular complexity index is 1000. The first-order valence-electron chi connectivity index (χ1n) is 10.2. The Balaban J connectivity index is 1.82. The number of hydrazine groups is 1. The van der Waals surface area contributed by atoms with Crippen LogP contribution in [0.2, 0.25) is 0 Å². The lowest BCUT2D eigenvalue weighted by atomic mass is 9.70. The number of aromatic hydroxyl groups is 1. The van der Waals surface area contributed by atoms with E-state index in [2.05, 4.69) is 22.5 Å². The molecular formula is C22H27N5O2. The molecule has 0 unspecified atom stereocenters. The van der Waals surface area contributed by atoms with E-state index in [4.69, 9.17) is 5.84 Å². The molecule has 0 aliphatic heterocycles. The molecule has 4 N–H and O–H groups in total. The second kappa shape index (κ2) is 7.83. The second-order valence-corrected chi connectivity index (χ2v) is 8.18. The summed E-state index contributed by atoms with van der Waals surface area (Å²) in [6.07, 6.45) is 6.39. The van der Waals surface area contributed by atoms with Crippen LogP contribution in [-0.2, 0) is 16.6 Å². The molecule has 1 aromatic heterocycles. The van der Waals surface area contributed by atoms with Crippen LogP contribution in [0.5, 0.6) is 5.75 Å². The van der Waals surface area contributed by atoms with Crippen LogP contribution >= 0.6 is 0 Å². The van der Waals surface area contributed by atoms with Crippen LogP contribution in [-0.4, -0.2) is 26.0 Å². The van der Waals surface area contributed by atoms with Gasteiger partial charge in [-0.2, -0.15) is 0 Å². The van der Waals surface area contributed by atoms with Crippen LogP contribution in [0.1, 0.15) is 56.6 Å². The Morgan fingerprint density at radius 2 is 1.83 bits per heavy atom. The Labute approximate surface area is 169 Å². The van der Waals surface area contributed by atoms with Gasteiger partial charge in [0.15, 0.2) is 0 Å². The van der Waals surface area contributed by atoms with E-state index in [0.717, 1.165) is 47.8 Å². The lowest BCUT2D eigenvalue weighted by molar-refractivity contribution is -0.121. The minimum absolute atomic E-state index is 0.101. The zero-order valence-electron chi connectivity index (χ0n) is 16.7. The summed E-state index contributed by atoms with van der Waals surface area (Å²) in [7, 11) is 0. The smallest absolute Gasteiger partial charge is 0.234 e. The third kappa shape index (κ3) is 3.82. The monoisotopic (exact) mass is 393 g/mol. The average Bonchev–Trinajstić information content (AvgIpc) is 3.17. The van der Waals surface area contributed by atoms with Crippen molar-refractivity contribution in [2.45, 2.75) is 57.3 Å². The quantitative estimate of drug-likeness (QED) is 0.350. The van der Waals surface area contributed by atoms with Gasteiger partial charge in [0.2, 0.25) is 5.91 Å². The molecule has 0 atom stereocenters. The van der Waals surface area contributed by atoms with Crippen LogP contribution in [0.3, 0.4) is 0 Å². The van der Waals surface area contributed by atoms with E-state index in [1.54, 1.807) is 0 Å².